The van der Waals surface area contributed by atoms with E-state index >= 15 is 0 Å². The van der Waals surface area contributed by atoms with Crippen molar-refractivity contribution in [1.82, 2.24) is 4.72 Å². The van der Waals surface area contributed by atoms with Gasteiger partial charge in [0.15, 0.2) is 0 Å². The predicted molar refractivity (Wildman–Crippen MR) is 126 cm³/mol. The van der Waals surface area contributed by atoms with Gasteiger partial charge in [0.1, 0.15) is 11.7 Å². The summed E-state index contributed by atoms with van der Waals surface area (Å²) in [6.07, 6.45) is 4.49. The zero-order valence-electron chi connectivity index (χ0n) is 16.2. The largest absolute Gasteiger partial charge is 0.496 e. The molecule has 0 spiro atoms. The van der Waals surface area contributed by atoms with Crippen LogP contribution in [0.4, 0.5) is 25.0 Å². The molecular formula is C21H18F2IN3O3S. The van der Waals surface area contributed by atoms with Crippen LogP contribution in [0.1, 0.15) is 0 Å². The number of benzene rings is 2. The van der Waals surface area contributed by atoms with Gasteiger partial charge in [0, 0.05) is 16.3 Å². The van der Waals surface area contributed by atoms with E-state index in [1.165, 1.54) is 24.3 Å². The number of hydrogen-bond donors (Lipinski definition) is 3. The molecule has 0 radical (unpaired) electrons. The molecule has 3 rings (SSSR count). The summed E-state index contributed by atoms with van der Waals surface area (Å²) in [7, 11) is 1.59. The Hall–Kier alpha value is -2.60. The molecule has 3 N–H and O–H groups in total. The van der Waals surface area contributed by atoms with Crippen molar-refractivity contribution in [2.45, 2.75) is 10.8 Å². The molecule has 10 heteroatoms. The molecule has 1 atom stereocenters. The number of methoxy groups -OCH3 is 1. The third kappa shape index (κ3) is 6.20. The van der Waals surface area contributed by atoms with Crippen molar-refractivity contribution in [2.75, 3.05) is 17.7 Å². The Balaban J connectivity index is 1.51. The van der Waals surface area contributed by atoms with E-state index in [0.717, 1.165) is 32.2 Å². The lowest BCUT2D eigenvalue weighted by molar-refractivity contribution is -0.126. The average Bonchev–Trinajstić information content (AvgIpc) is 2.73. The highest BCUT2D eigenvalue weighted by molar-refractivity contribution is 14.1. The van der Waals surface area contributed by atoms with Crippen LogP contribution in [-0.4, -0.2) is 25.0 Å². The molecule has 0 aliphatic heterocycles. The second kappa shape index (κ2) is 10.1. The number of rotatable bonds is 6. The Morgan fingerprint density at radius 3 is 2.35 bits per heavy atom. The van der Waals surface area contributed by atoms with Crippen LogP contribution < -0.4 is 20.1 Å². The quantitative estimate of drug-likeness (QED) is 0.327. The number of urea groups is 1. The number of halogens is 3. The fourth-order valence-corrected chi connectivity index (χ4v) is 4.20. The second-order valence-corrected chi connectivity index (χ2v) is 8.46. The molecule has 2 aromatic rings. The van der Waals surface area contributed by atoms with E-state index in [-0.39, 0.29) is 0 Å². The number of alkyl halides is 2. The van der Waals surface area contributed by atoms with Crippen LogP contribution in [0.5, 0.6) is 5.75 Å². The van der Waals surface area contributed by atoms with Gasteiger partial charge in [0.2, 0.25) is 5.91 Å². The lowest BCUT2D eigenvalue weighted by Gasteiger charge is -2.22. The third-order valence-electron chi connectivity index (χ3n) is 4.23. The number of amides is 3. The summed E-state index contributed by atoms with van der Waals surface area (Å²) < 4.78 is 36.4. The topological polar surface area (TPSA) is 79.5 Å². The van der Waals surface area contributed by atoms with Crippen molar-refractivity contribution in [3.8, 4) is 5.75 Å². The zero-order valence-corrected chi connectivity index (χ0v) is 19.2. The van der Waals surface area contributed by atoms with E-state index in [9.17, 15) is 18.4 Å². The fraction of sp³-hybridized carbons (Fsp3) is 0.143. The highest BCUT2D eigenvalue weighted by Crippen LogP contribution is 2.31. The molecule has 1 aliphatic carbocycles. The summed E-state index contributed by atoms with van der Waals surface area (Å²) in [4.78, 5) is 25.1. The van der Waals surface area contributed by atoms with Gasteiger partial charge in [-0.15, -0.1) is 0 Å². The van der Waals surface area contributed by atoms with E-state index in [0.29, 0.717) is 17.5 Å². The molecule has 0 saturated carbocycles. The number of allylic oxidation sites excluding steroid dienone is 3. The van der Waals surface area contributed by atoms with E-state index in [1.807, 2.05) is 18.2 Å². The average molecular weight is 557 g/mol. The minimum atomic E-state index is -3.24. The minimum absolute atomic E-state index is 0.344. The molecule has 0 aromatic heterocycles. The Labute approximate surface area is 195 Å². The molecule has 0 fully saturated rings. The summed E-state index contributed by atoms with van der Waals surface area (Å²) in [6, 6.07) is 11.2. The van der Waals surface area contributed by atoms with Crippen LogP contribution in [0.15, 0.2) is 71.7 Å². The zero-order chi connectivity index (χ0) is 22.4. The van der Waals surface area contributed by atoms with Gasteiger partial charge in [-0.05, 0) is 83.1 Å². The van der Waals surface area contributed by atoms with Crippen molar-refractivity contribution in [2.24, 2.45) is 5.92 Å². The van der Waals surface area contributed by atoms with Crippen LogP contribution in [-0.2, 0) is 4.79 Å². The van der Waals surface area contributed by atoms with Crippen LogP contribution in [0.2, 0.25) is 0 Å². The highest BCUT2D eigenvalue weighted by atomic mass is 127. The predicted octanol–water partition coefficient (Wildman–Crippen LogP) is 5.44. The number of anilines is 2. The number of carbonyl (C=O) groups excluding carboxylic acids is 2. The molecule has 0 heterocycles. The van der Waals surface area contributed by atoms with Crippen molar-refractivity contribution in [3.63, 3.8) is 0 Å². The van der Waals surface area contributed by atoms with Crippen LogP contribution in [0.25, 0.3) is 0 Å². The van der Waals surface area contributed by atoms with E-state index in [2.05, 4.69) is 37.9 Å². The van der Waals surface area contributed by atoms with E-state index < -0.39 is 23.8 Å². The summed E-state index contributed by atoms with van der Waals surface area (Å²) >= 11 is 3.29. The van der Waals surface area contributed by atoms with Crippen molar-refractivity contribution in [1.29, 1.82) is 0 Å². The van der Waals surface area contributed by atoms with Gasteiger partial charge in [0.25, 0.3) is 5.92 Å². The summed E-state index contributed by atoms with van der Waals surface area (Å²) in [6.45, 7) is 0. The second-order valence-electron chi connectivity index (χ2n) is 6.42. The van der Waals surface area contributed by atoms with Crippen LogP contribution in [0.3, 0.4) is 0 Å². The minimum Gasteiger partial charge on any atom is -0.496 e. The molecule has 0 bridgehead atoms. The normalized spacial score (nSPS) is 16.5. The Kier molecular flexibility index (Phi) is 7.55. The molecule has 1 aliphatic rings. The maximum absolute atomic E-state index is 13.8. The van der Waals surface area contributed by atoms with Gasteiger partial charge >= 0.3 is 6.03 Å². The van der Waals surface area contributed by atoms with Crippen molar-refractivity contribution in [3.05, 3.63) is 70.3 Å². The Bertz CT molecular complexity index is 1030. The number of ether oxygens (including phenoxy) is 1. The first-order valence-corrected chi connectivity index (χ1v) is 10.9. The van der Waals surface area contributed by atoms with Crippen molar-refractivity contribution < 1.29 is 23.1 Å². The van der Waals surface area contributed by atoms with E-state index in [4.69, 9.17) is 4.74 Å². The van der Waals surface area contributed by atoms with Gasteiger partial charge in [-0.1, -0.05) is 18.2 Å². The van der Waals surface area contributed by atoms with E-state index in [1.54, 1.807) is 19.2 Å². The number of nitrogens with one attached hydrogen (secondary N) is 3. The molecule has 6 nitrogen and oxygen atoms in total. The Morgan fingerprint density at radius 2 is 1.74 bits per heavy atom. The lowest BCUT2D eigenvalue weighted by Crippen LogP contribution is -2.36. The molecule has 31 heavy (non-hydrogen) atoms. The molecular weight excluding hydrogens is 539 g/mol. The van der Waals surface area contributed by atoms with Crippen molar-refractivity contribution >= 4 is 57.9 Å². The molecule has 0 saturated heterocycles. The molecule has 2 aromatic carbocycles. The van der Waals surface area contributed by atoms with Gasteiger partial charge in [-0.2, -0.15) is 0 Å². The Morgan fingerprint density at radius 1 is 1.06 bits per heavy atom. The number of carbonyl (C=O) groups is 2. The maximum atomic E-state index is 13.8. The van der Waals surface area contributed by atoms with Gasteiger partial charge in [-0.3, -0.25) is 9.52 Å². The highest BCUT2D eigenvalue weighted by Gasteiger charge is 2.41. The summed E-state index contributed by atoms with van der Waals surface area (Å²) in [5.41, 5.74) is 0.822. The molecule has 3 amide bonds. The summed E-state index contributed by atoms with van der Waals surface area (Å²) in [5.74, 6) is -4.87. The van der Waals surface area contributed by atoms with Gasteiger partial charge < -0.3 is 15.4 Å². The first-order valence-electron chi connectivity index (χ1n) is 9.00. The maximum Gasteiger partial charge on any atom is 0.329 e. The number of hydrogen-bond acceptors (Lipinski definition) is 4. The smallest absolute Gasteiger partial charge is 0.329 e. The molecule has 162 valence electrons. The standard InChI is InChI=1S/C21H18F2IN3O3S/c1-30-18-10-9-15(12-17(18)24)31-27-20(29)26-14-7-5-13(6-8-14)25-19(28)16-4-2-3-11-21(16,22)23/h2-12,16H,1H3,(H,25,28)(H2,26,27,29). The van der Waals surface area contributed by atoms with Gasteiger partial charge in [0.05, 0.1) is 10.7 Å². The SMILES string of the molecule is COc1ccc(SNC(=O)Nc2ccc(NC(=O)C3C=CC=CC3(F)F)cc2)cc1I. The first kappa shape index (κ1) is 23.1. The monoisotopic (exact) mass is 557 g/mol. The third-order valence-corrected chi connectivity index (χ3v) is 5.85. The first-order chi connectivity index (χ1) is 14.8. The molecule has 1 unspecified atom stereocenters. The summed E-state index contributed by atoms with van der Waals surface area (Å²) in [5, 5.41) is 5.12. The van der Waals surface area contributed by atoms with Crippen LogP contribution >= 0.6 is 34.5 Å². The fourth-order valence-electron chi connectivity index (χ4n) is 2.68. The van der Waals surface area contributed by atoms with Gasteiger partial charge in [-0.25, -0.2) is 13.6 Å². The lowest BCUT2D eigenvalue weighted by atomic mass is 9.95. The van der Waals surface area contributed by atoms with Crippen LogP contribution in [0, 0.1) is 9.49 Å².